The number of ether oxygens (including phenoxy) is 2. The summed E-state index contributed by atoms with van der Waals surface area (Å²) < 4.78 is 40.5. The number of hydrogen-bond donors (Lipinski definition) is 2. The van der Waals surface area contributed by atoms with Crippen LogP contribution in [-0.4, -0.2) is 53.8 Å². The van der Waals surface area contributed by atoms with E-state index in [1.807, 2.05) is 20.8 Å². The van der Waals surface area contributed by atoms with Gasteiger partial charge in [-0.05, 0) is 30.0 Å². The molecular formula is C23H28F2N4O4. The topological polar surface area (TPSA) is 94.5 Å². The lowest BCUT2D eigenvalue weighted by molar-refractivity contribution is -0.163. The van der Waals surface area contributed by atoms with Crippen LogP contribution in [0.4, 0.5) is 13.6 Å². The van der Waals surface area contributed by atoms with Gasteiger partial charge < -0.3 is 20.1 Å². The molecule has 8 nitrogen and oxygen atoms in total. The zero-order valence-corrected chi connectivity index (χ0v) is 19.1. The van der Waals surface area contributed by atoms with E-state index >= 15 is 0 Å². The number of aromatic nitrogens is 2. The summed E-state index contributed by atoms with van der Waals surface area (Å²) in [6, 6.07) is 2.12. The molecule has 2 aliphatic rings. The molecule has 4 rings (SSSR count). The standard InChI is InChI=1S/C23H28F2N4O4/c1-22(2,3)19(20(30)26-4)27-21(31)29-17-7-8-23(32-9-10-33-23)12-14(17)18(28-29)13-5-6-15(24)16(25)11-13/h5-6,11,19H,7-10,12H2,1-4H3,(H,26,30)(H,27,31)/t19-/m1/s1. The number of likely N-dealkylation sites (N-methyl/N-ethyl adjacent to an activating group) is 1. The molecule has 1 aliphatic carbocycles. The van der Waals surface area contributed by atoms with Gasteiger partial charge in [0.1, 0.15) is 6.04 Å². The van der Waals surface area contributed by atoms with E-state index in [4.69, 9.17) is 9.47 Å². The van der Waals surface area contributed by atoms with Gasteiger partial charge >= 0.3 is 6.03 Å². The predicted octanol–water partition coefficient (Wildman–Crippen LogP) is 2.78. The number of nitrogens with one attached hydrogen (secondary N) is 2. The number of carbonyl (C=O) groups is 2. The van der Waals surface area contributed by atoms with Crippen molar-refractivity contribution in [1.29, 1.82) is 0 Å². The van der Waals surface area contributed by atoms with Crippen molar-refractivity contribution < 1.29 is 27.8 Å². The lowest BCUT2D eigenvalue weighted by Crippen LogP contribution is -2.54. The van der Waals surface area contributed by atoms with Crippen LogP contribution in [0, 0.1) is 17.0 Å². The fourth-order valence-electron chi connectivity index (χ4n) is 4.39. The van der Waals surface area contributed by atoms with Crippen LogP contribution in [0.2, 0.25) is 0 Å². The number of carbonyl (C=O) groups excluding carboxylic acids is 2. The predicted molar refractivity (Wildman–Crippen MR) is 115 cm³/mol. The van der Waals surface area contributed by atoms with E-state index < -0.39 is 34.9 Å². The summed E-state index contributed by atoms with van der Waals surface area (Å²) in [4.78, 5) is 25.7. The van der Waals surface area contributed by atoms with E-state index in [1.165, 1.54) is 17.8 Å². The summed E-state index contributed by atoms with van der Waals surface area (Å²) in [6.07, 6.45) is 1.27. The quantitative estimate of drug-likeness (QED) is 0.732. The first-order valence-electron chi connectivity index (χ1n) is 10.9. The van der Waals surface area contributed by atoms with Crippen LogP contribution < -0.4 is 10.6 Å². The van der Waals surface area contributed by atoms with E-state index in [2.05, 4.69) is 15.7 Å². The Kier molecular flexibility index (Phi) is 6.00. The molecule has 2 aromatic rings. The summed E-state index contributed by atoms with van der Waals surface area (Å²) in [5, 5.41) is 9.83. The van der Waals surface area contributed by atoms with Gasteiger partial charge in [-0.3, -0.25) is 4.79 Å². The first-order valence-corrected chi connectivity index (χ1v) is 10.9. The molecule has 1 aromatic heterocycles. The summed E-state index contributed by atoms with van der Waals surface area (Å²) in [6.45, 7) is 6.46. The van der Waals surface area contributed by atoms with Crippen LogP contribution in [0.3, 0.4) is 0 Å². The molecule has 1 fully saturated rings. The first-order chi connectivity index (χ1) is 15.5. The Morgan fingerprint density at radius 3 is 2.48 bits per heavy atom. The van der Waals surface area contributed by atoms with Crippen LogP contribution in [0.25, 0.3) is 11.3 Å². The number of halogens is 2. The number of rotatable bonds is 3. The maximum absolute atomic E-state index is 14.0. The van der Waals surface area contributed by atoms with E-state index in [9.17, 15) is 18.4 Å². The highest BCUT2D eigenvalue weighted by molar-refractivity contribution is 5.88. The lowest BCUT2D eigenvalue weighted by Gasteiger charge is -2.32. The average molecular weight is 462 g/mol. The molecule has 178 valence electrons. The van der Waals surface area contributed by atoms with Crippen molar-refractivity contribution in [2.75, 3.05) is 20.3 Å². The highest BCUT2D eigenvalue weighted by Crippen LogP contribution is 2.39. The largest absolute Gasteiger partial charge is 0.357 e. The van der Waals surface area contributed by atoms with Crippen molar-refractivity contribution in [1.82, 2.24) is 20.4 Å². The fourth-order valence-corrected chi connectivity index (χ4v) is 4.39. The zero-order chi connectivity index (χ0) is 24.0. The minimum absolute atomic E-state index is 0.322. The summed E-state index contributed by atoms with van der Waals surface area (Å²) in [5.74, 6) is -3.13. The Hall–Kier alpha value is -2.85. The van der Waals surface area contributed by atoms with Crippen LogP contribution in [0.1, 0.15) is 38.4 Å². The van der Waals surface area contributed by atoms with E-state index in [-0.39, 0.29) is 5.91 Å². The van der Waals surface area contributed by atoms with Crippen molar-refractivity contribution in [2.45, 2.75) is 51.9 Å². The molecule has 2 heterocycles. The fraction of sp³-hybridized carbons (Fsp3) is 0.522. The molecule has 2 amide bonds. The second-order valence-electron chi connectivity index (χ2n) is 9.46. The Balaban J connectivity index is 1.76. The van der Waals surface area contributed by atoms with Gasteiger partial charge in [0, 0.05) is 31.0 Å². The molecule has 1 atom stereocenters. The third kappa shape index (κ3) is 4.37. The molecule has 0 bridgehead atoms. The molecule has 1 spiro atoms. The van der Waals surface area contributed by atoms with Gasteiger partial charge in [0.05, 0.1) is 24.6 Å². The van der Waals surface area contributed by atoms with E-state index in [0.717, 1.165) is 12.1 Å². The highest BCUT2D eigenvalue weighted by atomic mass is 19.2. The van der Waals surface area contributed by atoms with Gasteiger partial charge in [0.15, 0.2) is 17.4 Å². The molecule has 0 radical (unpaired) electrons. The number of nitrogens with zero attached hydrogens (tertiary/aromatic N) is 2. The summed E-state index contributed by atoms with van der Waals surface area (Å²) in [7, 11) is 1.51. The zero-order valence-electron chi connectivity index (χ0n) is 19.1. The lowest BCUT2D eigenvalue weighted by atomic mass is 9.86. The monoisotopic (exact) mass is 462 g/mol. The molecule has 0 saturated carbocycles. The molecule has 0 unspecified atom stereocenters. The van der Waals surface area contributed by atoms with Crippen LogP contribution in [0.5, 0.6) is 0 Å². The Bertz CT molecular complexity index is 1090. The van der Waals surface area contributed by atoms with E-state index in [0.29, 0.717) is 55.0 Å². The highest BCUT2D eigenvalue weighted by Gasteiger charge is 2.43. The van der Waals surface area contributed by atoms with Gasteiger partial charge in [0.2, 0.25) is 5.91 Å². The maximum Gasteiger partial charge on any atom is 0.343 e. The second kappa shape index (κ2) is 8.49. The van der Waals surface area contributed by atoms with Crippen molar-refractivity contribution in [3.05, 3.63) is 41.1 Å². The van der Waals surface area contributed by atoms with Crippen molar-refractivity contribution in [3.8, 4) is 11.3 Å². The second-order valence-corrected chi connectivity index (χ2v) is 9.46. The third-order valence-corrected chi connectivity index (χ3v) is 6.12. The van der Waals surface area contributed by atoms with Gasteiger partial charge in [-0.1, -0.05) is 20.8 Å². The Morgan fingerprint density at radius 2 is 1.88 bits per heavy atom. The molecule has 10 heteroatoms. The van der Waals surface area contributed by atoms with Crippen molar-refractivity contribution in [3.63, 3.8) is 0 Å². The SMILES string of the molecule is CNC(=O)[C@@H](NC(=O)n1nc(-c2ccc(F)c(F)c2)c2c1CCC1(C2)OCCO1)C(C)(C)C. The normalized spacial score (nSPS) is 18.1. The van der Waals surface area contributed by atoms with Crippen LogP contribution in [0.15, 0.2) is 18.2 Å². The summed E-state index contributed by atoms with van der Waals surface area (Å²) >= 11 is 0. The van der Waals surface area contributed by atoms with Gasteiger partial charge in [0.25, 0.3) is 0 Å². The van der Waals surface area contributed by atoms with Crippen LogP contribution >= 0.6 is 0 Å². The first kappa shape index (κ1) is 23.3. The summed E-state index contributed by atoms with van der Waals surface area (Å²) in [5.41, 5.74) is 1.44. The minimum atomic E-state index is -1.01. The molecule has 1 aliphatic heterocycles. The number of benzene rings is 1. The van der Waals surface area contributed by atoms with Crippen molar-refractivity contribution in [2.24, 2.45) is 5.41 Å². The molecule has 1 aromatic carbocycles. The minimum Gasteiger partial charge on any atom is -0.357 e. The number of fused-ring (bicyclic) bond motifs is 1. The molecular weight excluding hydrogens is 434 g/mol. The van der Waals surface area contributed by atoms with Gasteiger partial charge in [-0.15, -0.1) is 0 Å². The maximum atomic E-state index is 14.0. The van der Waals surface area contributed by atoms with Gasteiger partial charge in [-0.25, -0.2) is 13.6 Å². The van der Waals surface area contributed by atoms with Crippen molar-refractivity contribution >= 4 is 11.9 Å². The smallest absolute Gasteiger partial charge is 0.343 e. The number of hydrogen-bond acceptors (Lipinski definition) is 5. The number of amides is 2. The molecule has 1 saturated heterocycles. The van der Waals surface area contributed by atoms with E-state index in [1.54, 1.807) is 0 Å². The average Bonchev–Trinajstić information content (AvgIpc) is 3.37. The van der Waals surface area contributed by atoms with Gasteiger partial charge in [-0.2, -0.15) is 9.78 Å². The Morgan fingerprint density at radius 1 is 1.18 bits per heavy atom. The Labute approximate surface area is 190 Å². The third-order valence-electron chi connectivity index (χ3n) is 6.12. The molecule has 33 heavy (non-hydrogen) atoms. The van der Waals surface area contributed by atoms with Crippen LogP contribution in [-0.2, 0) is 27.1 Å². The molecule has 2 N–H and O–H groups in total.